The smallest absolute Gasteiger partial charge is 0.238 e. The summed E-state index contributed by atoms with van der Waals surface area (Å²) in [5, 5.41) is 18.5. The number of carbonyl (C=O) groups is 1. The fourth-order valence-electron chi connectivity index (χ4n) is 2.25. The van der Waals surface area contributed by atoms with E-state index in [1.807, 2.05) is 6.07 Å². The molecule has 0 unspecified atom stereocenters. The van der Waals surface area contributed by atoms with E-state index in [9.17, 15) is 9.18 Å². The van der Waals surface area contributed by atoms with Crippen molar-refractivity contribution in [2.24, 2.45) is 0 Å². The molecule has 1 aromatic heterocycles. The number of aromatic nitrogens is 2. The van der Waals surface area contributed by atoms with Crippen LogP contribution < -0.4 is 5.32 Å². The molecular formula is C15H13FN4O. The second-order valence-corrected chi connectivity index (χ2v) is 5.03. The maximum atomic E-state index is 13.4. The normalized spacial score (nSPS) is 13.7. The first-order chi connectivity index (χ1) is 10.2. The first-order valence-corrected chi connectivity index (χ1v) is 6.70. The third-order valence-corrected chi connectivity index (χ3v) is 3.38. The van der Waals surface area contributed by atoms with Crippen molar-refractivity contribution >= 4 is 11.6 Å². The number of nitrogens with zero attached hydrogens (tertiary/aromatic N) is 2. The predicted molar refractivity (Wildman–Crippen MR) is 74.8 cm³/mol. The molecule has 1 aromatic carbocycles. The van der Waals surface area contributed by atoms with Crippen LogP contribution in [0.5, 0.6) is 0 Å². The Morgan fingerprint density at radius 1 is 1.52 bits per heavy atom. The van der Waals surface area contributed by atoms with Crippen LogP contribution in [0.15, 0.2) is 24.3 Å². The Morgan fingerprint density at radius 2 is 2.33 bits per heavy atom. The van der Waals surface area contributed by atoms with Crippen LogP contribution in [-0.2, 0) is 4.79 Å². The molecule has 2 N–H and O–H groups in total. The van der Waals surface area contributed by atoms with Crippen molar-refractivity contribution in [3.05, 3.63) is 35.8 Å². The number of hydrogen-bond donors (Lipinski definition) is 2. The number of nitrogens with one attached hydrogen (secondary N) is 2. The van der Waals surface area contributed by atoms with Crippen LogP contribution in [-0.4, -0.2) is 16.1 Å². The first kappa shape index (κ1) is 13.3. The number of H-pyrrole nitrogens is 1. The Balaban J connectivity index is 2.00. The quantitative estimate of drug-likeness (QED) is 0.905. The van der Waals surface area contributed by atoms with Crippen LogP contribution >= 0.6 is 0 Å². The summed E-state index contributed by atoms with van der Waals surface area (Å²) >= 11 is 0. The molecule has 5 nitrogen and oxygen atoms in total. The lowest BCUT2D eigenvalue weighted by molar-refractivity contribution is -0.115. The second-order valence-electron chi connectivity index (χ2n) is 5.03. The van der Waals surface area contributed by atoms with Crippen LogP contribution in [0.3, 0.4) is 0 Å². The summed E-state index contributed by atoms with van der Waals surface area (Å²) in [6.45, 7) is 0. The zero-order valence-electron chi connectivity index (χ0n) is 11.2. The predicted octanol–water partition coefficient (Wildman–Crippen LogP) is 2.95. The van der Waals surface area contributed by atoms with Gasteiger partial charge >= 0.3 is 0 Å². The standard InChI is InChI=1S/C15H13FN4O/c16-11-3-1-2-10(8-11)14-15(18-12(21)6-7-17)13(19-20-14)9-4-5-9/h1-3,8-9H,4-6H2,(H,18,21)(H,19,20). The Kier molecular flexibility index (Phi) is 3.40. The largest absolute Gasteiger partial charge is 0.322 e. The summed E-state index contributed by atoms with van der Waals surface area (Å²) < 4.78 is 13.4. The highest BCUT2D eigenvalue weighted by Gasteiger charge is 2.30. The molecule has 1 saturated carbocycles. The van der Waals surface area contributed by atoms with Crippen LogP contribution in [0.4, 0.5) is 10.1 Å². The van der Waals surface area contributed by atoms with Gasteiger partial charge in [-0.25, -0.2) is 4.39 Å². The molecule has 1 aliphatic carbocycles. The molecule has 6 heteroatoms. The third-order valence-electron chi connectivity index (χ3n) is 3.38. The molecule has 0 bridgehead atoms. The van der Waals surface area contributed by atoms with Gasteiger partial charge in [0.05, 0.1) is 17.5 Å². The van der Waals surface area contributed by atoms with E-state index >= 15 is 0 Å². The number of aromatic amines is 1. The van der Waals surface area contributed by atoms with E-state index in [4.69, 9.17) is 5.26 Å². The molecule has 2 aromatic rings. The zero-order chi connectivity index (χ0) is 14.8. The van der Waals surface area contributed by atoms with Gasteiger partial charge in [0.25, 0.3) is 0 Å². The van der Waals surface area contributed by atoms with Crippen molar-refractivity contribution < 1.29 is 9.18 Å². The van der Waals surface area contributed by atoms with Crippen molar-refractivity contribution in [2.75, 3.05) is 5.32 Å². The second kappa shape index (κ2) is 5.37. The van der Waals surface area contributed by atoms with E-state index in [1.54, 1.807) is 12.1 Å². The average molecular weight is 284 g/mol. The summed E-state index contributed by atoms with van der Waals surface area (Å²) in [6, 6.07) is 7.86. The molecule has 0 aliphatic heterocycles. The summed E-state index contributed by atoms with van der Waals surface area (Å²) in [5.74, 6) is -0.409. The molecule has 0 spiro atoms. The maximum absolute atomic E-state index is 13.4. The minimum Gasteiger partial charge on any atom is -0.322 e. The Hall–Kier alpha value is -2.68. The molecule has 0 atom stereocenters. The summed E-state index contributed by atoms with van der Waals surface area (Å²) in [5.41, 5.74) is 2.50. The lowest BCUT2D eigenvalue weighted by atomic mass is 10.1. The van der Waals surface area contributed by atoms with Crippen molar-refractivity contribution in [3.63, 3.8) is 0 Å². The monoisotopic (exact) mass is 284 g/mol. The lowest BCUT2D eigenvalue weighted by Crippen LogP contribution is -2.11. The summed E-state index contributed by atoms with van der Waals surface area (Å²) in [4.78, 5) is 11.7. The van der Waals surface area contributed by atoms with Crippen LogP contribution in [0.2, 0.25) is 0 Å². The van der Waals surface area contributed by atoms with Crippen LogP contribution in [0, 0.1) is 17.1 Å². The van der Waals surface area contributed by atoms with Crippen molar-refractivity contribution in [2.45, 2.75) is 25.2 Å². The van der Waals surface area contributed by atoms with Crippen LogP contribution in [0.25, 0.3) is 11.3 Å². The number of rotatable bonds is 4. The highest BCUT2D eigenvalue weighted by atomic mass is 19.1. The fraction of sp³-hybridized carbons (Fsp3) is 0.267. The molecule has 21 heavy (non-hydrogen) atoms. The van der Waals surface area contributed by atoms with E-state index in [0.29, 0.717) is 22.9 Å². The number of hydrogen-bond acceptors (Lipinski definition) is 3. The van der Waals surface area contributed by atoms with Gasteiger partial charge in [-0.15, -0.1) is 0 Å². The van der Waals surface area contributed by atoms with Gasteiger partial charge in [-0.2, -0.15) is 10.4 Å². The van der Waals surface area contributed by atoms with Crippen LogP contribution in [0.1, 0.15) is 30.9 Å². The first-order valence-electron chi connectivity index (χ1n) is 6.70. The maximum Gasteiger partial charge on any atom is 0.238 e. The topological polar surface area (TPSA) is 81.6 Å². The molecular weight excluding hydrogens is 271 g/mol. The van der Waals surface area contributed by atoms with E-state index in [1.165, 1.54) is 12.1 Å². The van der Waals surface area contributed by atoms with Gasteiger partial charge in [-0.1, -0.05) is 12.1 Å². The van der Waals surface area contributed by atoms with Crippen molar-refractivity contribution in [1.29, 1.82) is 5.26 Å². The average Bonchev–Trinajstić information content (AvgIpc) is 3.21. The molecule has 106 valence electrons. The van der Waals surface area contributed by atoms with Gasteiger partial charge in [0.15, 0.2) is 0 Å². The Morgan fingerprint density at radius 3 is 3.00 bits per heavy atom. The third kappa shape index (κ3) is 2.77. The minimum absolute atomic E-state index is 0.224. The van der Waals surface area contributed by atoms with E-state index in [2.05, 4.69) is 15.5 Å². The van der Waals surface area contributed by atoms with Gasteiger partial charge in [-0.3, -0.25) is 9.89 Å². The van der Waals surface area contributed by atoms with Crippen molar-refractivity contribution in [3.8, 4) is 17.3 Å². The van der Waals surface area contributed by atoms with Gasteiger partial charge in [0.2, 0.25) is 5.91 Å². The molecule has 0 saturated heterocycles. The number of benzene rings is 1. The van der Waals surface area contributed by atoms with E-state index in [-0.39, 0.29) is 12.2 Å². The lowest BCUT2D eigenvalue weighted by Gasteiger charge is -2.06. The van der Waals surface area contributed by atoms with Gasteiger partial charge < -0.3 is 5.32 Å². The van der Waals surface area contributed by atoms with E-state index < -0.39 is 5.91 Å². The highest BCUT2D eigenvalue weighted by molar-refractivity contribution is 5.96. The SMILES string of the molecule is N#CCC(=O)Nc1c(-c2cccc(F)c2)n[nH]c1C1CC1. The molecule has 1 fully saturated rings. The summed E-state index contributed by atoms with van der Waals surface area (Å²) in [7, 11) is 0. The number of anilines is 1. The Bertz CT molecular complexity index is 728. The van der Waals surface area contributed by atoms with Gasteiger partial charge in [0, 0.05) is 11.5 Å². The molecule has 1 amide bonds. The minimum atomic E-state index is -0.390. The molecule has 1 aliphatic rings. The summed E-state index contributed by atoms with van der Waals surface area (Å²) in [6.07, 6.45) is 1.84. The van der Waals surface area contributed by atoms with Gasteiger partial charge in [-0.05, 0) is 25.0 Å². The molecule has 1 heterocycles. The van der Waals surface area contributed by atoms with E-state index in [0.717, 1.165) is 18.5 Å². The number of nitriles is 1. The molecule has 3 rings (SSSR count). The number of halogens is 1. The number of carbonyl (C=O) groups excluding carboxylic acids is 1. The number of amides is 1. The van der Waals surface area contributed by atoms with Gasteiger partial charge in [0.1, 0.15) is 17.9 Å². The molecule has 0 radical (unpaired) electrons. The van der Waals surface area contributed by atoms with Crippen molar-refractivity contribution in [1.82, 2.24) is 10.2 Å². The fourth-order valence-corrected chi connectivity index (χ4v) is 2.25. The zero-order valence-corrected chi connectivity index (χ0v) is 11.2. The highest BCUT2D eigenvalue weighted by Crippen LogP contribution is 2.45. The Labute approximate surface area is 120 Å².